The number of hydrogen-bond acceptors (Lipinski definition) is 3. The molecule has 0 saturated carbocycles. The molecule has 0 aliphatic rings. The molecule has 0 saturated heterocycles. The van der Waals surface area contributed by atoms with Gasteiger partial charge < -0.3 is 5.11 Å². The van der Waals surface area contributed by atoms with Gasteiger partial charge in [0.2, 0.25) is 0 Å². The van der Waals surface area contributed by atoms with Crippen molar-refractivity contribution in [3.05, 3.63) is 66.0 Å². The van der Waals surface area contributed by atoms with E-state index in [0.717, 1.165) is 11.1 Å². The third-order valence-electron chi connectivity index (χ3n) is 2.97. The summed E-state index contributed by atoms with van der Waals surface area (Å²) in [6, 6.07) is 12.4. The zero-order valence-corrected chi connectivity index (χ0v) is 10.7. The van der Waals surface area contributed by atoms with Crippen molar-refractivity contribution >= 4 is 5.97 Å². The number of hydrogen-bond donors (Lipinski definition) is 1. The summed E-state index contributed by atoms with van der Waals surface area (Å²) >= 11 is 0. The molecule has 19 heavy (non-hydrogen) atoms. The van der Waals surface area contributed by atoms with E-state index in [-0.39, 0.29) is 0 Å². The third-order valence-corrected chi connectivity index (χ3v) is 2.97. The highest BCUT2D eigenvalue weighted by Crippen LogP contribution is 2.21. The molecule has 98 valence electrons. The van der Waals surface area contributed by atoms with Gasteiger partial charge >= 0.3 is 5.97 Å². The normalized spacial score (nSPS) is 12.3. The van der Waals surface area contributed by atoms with Crippen LogP contribution in [0.2, 0.25) is 0 Å². The highest BCUT2D eigenvalue weighted by Gasteiger charge is 2.24. The molecule has 1 atom stereocenters. The molecule has 1 N–H and O–H groups in total. The first-order chi connectivity index (χ1) is 9.18. The standard InChI is InChI=1S/C15H16N2O2/c1-17(11-12-7-9-16-10-8-12)14(15(18)19)13-5-3-2-4-6-13/h2-10,14H,11H2,1H3,(H,18,19). The lowest BCUT2D eigenvalue weighted by atomic mass is 10.1. The quantitative estimate of drug-likeness (QED) is 0.892. The number of nitrogens with zero attached hydrogens (tertiary/aromatic N) is 2. The van der Waals surface area contributed by atoms with Gasteiger partial charge in [-0.15, -0.1) is 0 Å². The van der Waals surface area contributed by atoms with Crippen LogP contribution in [0.15, 0.2) is 54.9 Å². The number of carbonyl (C=O) groups is 1. The topological polar surface area (TPSA) is 53.4 Å². The Bertz CT molecular complexity index is 528. The predicted octanol–water partition coefficient (Wildman–Crippen LogP) is 2.34. The van der Waals surface area contributed by atoms with Gasteiger partial charge in [-0.25, -0.2) is 0 Å². The van der Waals surface area contributed by atoms with Crippen LogP contribution in [0, 0.1) is 0 Å². The van der Waals surface area contributed by atoms with E-state index in [0.29, 0.717) is 6.54 Å². The Labute approximate surface area is 112 Å². The van der Waals surface area contributed by atoms with Gasteiger partial charge in [-0.3, -0.25) is 14.7 Å². The number of rotatable bonds is 5. The van der Waals surface area contributed by atoms with Crippen LogP contribution in [0.1, 0.15) is 17.2 Å². The number of pyridine rings is 1. The summed E-state index contributed by atoms with van der Waals surface area (Å²) in [5, 5.41) is 9.42. The SMILES string of the molecule is CN(Cc1ccncc1)C(C(=O)O)c1ccccc1. The Morgan fingerprint density at radius 2 is 1.84 bits per heavy atom. The Hall–Kier alpha value is -2.20. The molecule has 1 heterocycles. The van der Waals surface area contributed by atoms with Crippen molar-refractivity contribution in [2.75, 3.05) is 7.05 Å². The fraction of sp³-hybridized carbons (Fsp3) is 0.200. The van der Waals surface area contributed by atoms with E-state index in [1.54, 1.807) is 12.4 Å². The van der Waals surface area contributed by atoms with E-state index in [4.69, 9.17) is 0 Å². The molecule has 2 rings (SSSR count). The van der Waals surface area contributed by atoms with Gasteiger partial charge in [0, 0.05) is 18.9 Å². The lowest BCUT2D eigenvalue weighted by Gasteiger charge is -2.24. The summed E-state index contributed by atoms with van der Waals surface area (Å²) in [7, 11) is 1.81. The van der Waals surface area contributed by atoms with E-state index in [1.807, 2.05) is 54.4 Å². The zero-order valence-electron chi connectivity index (χ0n) is 10.7. The van der Waals surface area contributed by atoms with Gasteiger partial charge in [-0.05, 0) is 30.3 Å². The van der Waals surface area contributed by atoms with Crippen molar-refractivity contribution in [2.24, 2.45) is 0 Å². The first kappa shape index (κ1) is 13.2. The number of aromatic nitrogens is 1. The Morgan fingerprint density at radius 1 is 1.21 bits per heavy atom. The summed E-state index contributed by atoms with van der Waals surface area (Å²) in [6.45, 7) is 0.564. The largest absolute Gasteiger partial charge is 0.480 e. The van der Waals surface area contributed by atoms with E-state index < -0.39 is 12.0 Å². The average Bonchev–Trinajstić information content (AvgIpc) is 2.40. The number of carboxylic acid groups (broad SMARTS) is 1. The molecular formula is C15H16N2O2. The summed E-state index contributed by atoms with van der Waals surface area (Å²) < 4.78 is 0. The second kappa shape index (κ2) is 6.11. The van der Waals surface area contributed by atoms with Gasteiger partial charge in [0.05, 0.1) is 0 Å². The molecule has 0 bridgehead atoms. The van der Waals surface area contributed by atoms with Crippen molar-refractivity contribution < 1.29 is 9.90 Å². The Balaban J connectivity index is 2.18. The van der Waals surface area contributed by atoms with Crippen molar-refractivity contribution in [2.45, 2.75) is 12.6 Å². The average molecular weight is 256 g/mol. The smallest absolute Gasteiger partial charge is 0.325 e. The highest BCUT2D eigenvalue weighted by molar-refractivity contribution is 5.75. The van der Waals surface area contributed by atoms with Crippen LogP contribution in [-0.2, 0) is 11.3 Å². The molecule has 0 aliphatic heterocycles. The van der Waals surface area contributed by atoms with Crippen molar-refractivity contribution in [3.63, 3.8) is 0 Å². The maximum atomic E-state index is 11.5. The lowest BCUT2D eigenvalue weighted by molar-refractivity contribution is -0.143. The second-order valence-corrected chi connectivity index (χ2v) is 4.42. The van der Waals surface area contributed by atoms with E-state index in [9.17, 15) is 9.90 Å². The van der Waals surface area contributed by atoms with E-state index in [2.05, 4.69) is 4.98 Å². The number of benzene rings is 1. The molecule has 0 fully saturated rings. The predicted molar refractivity (Wildman–Crippen MR) is 72.5 cm³/mol. The van der Waals surface area contributed by atoms with Gasteiger partial charge in [0.1, 0.15) is 6.04 Å². The first-order valence-corrected chi connectivity index (χ1v) is 6.05. The number of carboxylic acids is 1. The van der Waals surface area contributed by atoms with Crippen LogP contribution in [0.3, 0.4) is 0 Å². The number of likely N-dealkylation sites (N-methyl/N-ethyl adjacent to an activating group) is 1. The molecule has 2 aromatic rings. The van der Waals surface area contributed by atoms with Crippen LogP contribution in [0.5, 0.6) is 0 Å². The van der Waals surface area contributed by atoms with Crippen molar-refractivity contribution in [1.82, 2.24) is 9.88 Å². The molecule has 1 aromatic carbocycles. The maximum Gasteiger partial charge on any atom is 0.325 e. The molecule has 0 amide bonds. The fourth-order valence-corrected chi connectivity index (χ4v) is 2.09. The van der Waals surface area contributed by atoms with Crippen molar-refractivity contribution in [3.8, 4) is 0 Å². The third kappa shape index (κ3) is 3.39. The van der Waals surface area contributed by atoms with Crippen LogP contribution in [-0.4, -0.2) is 28.0 Å². The Kier molecular flexibility index (Phi) is 4.26. The Morgan fingerprint density at radius 3 is 2.42 bits per heavy atom. The van der Waals surface area contributed by atoms with Gasteiger partial charge in [-0.1, -0.05) is 30.3 Å². The monoisotopic (exact) mass is 256 g/mol. The molecule has 4 heteroatoms. The van der Waals surface area contributed by atoms with Crippen LogP contribution < -0.4 is 0 Å². The molecule has 0 spiro atoms. The van der Waals surface area contributed by atoms with E-state index >= 15 is 0 Å². The first-order valence-electron chi connectivity index (χ1n) is 6.05. The van der Waals surface area contributed by atoms with Gasteiger partial charge in [0.15, 0.2) is 0 Å². The highest BCUT2D eigenvalue weighted by atomic mass is 16.4. The molecular weight excluding hydrogens is 240 g/mol. The van der Waals surface area contributed by atoms with Crippen molar-refractivity contribution in [1.29, 1.82) is 0 Å². The molecule has 4 nitrogen and oxygen atoms in total. The summed E-state index contributed by atoms with van der Waals surface area (Å²) in [4.78, 5) is 17.2. The molecule has 0 aliphatic carbocycles. The number of aliphatic carboxylic acids is 1. The van der Waals surface area contributed by atoms with Gasteiger partial charge in [0.25, 0.3) is 0 Å². The minimum Gasteiger partial charge on any atom is -0.480 e. The van der Waals surface area contributed by atoms with Crippen LogP contribution in [0.4, 0.5) is 0 Å². The minimum atomic E-state index is -0.845. The minimum absolute atomic E-state index is 0.564. The fourth-order valence-electron chi connectivity index (χ4n) is 2.09. The summed E-state index contributed by atoms with van der Waals surface area (Å²) in [5.41, 5.74) is 1.83. The summed E-state index contributed by atoms with van der Waals surface area (Å²) in [5.74, 6) is -0.845. The second-order valence-electron chi connectivity index (χ2n) is 4.42. The van der Waals surface area contributed by atoms with Crippen LogP contribution >= 0.6 is 0 Å². The van der Waals surface area contributed by atoms with E-state index in [1.165, 1.54) is 0 Å². The van der Waals surface area contributed by atoms with Gasteiger partial charge in [-0.2, -0.15) is 0 Å². The van der Waals surface area contributed by atoms with Crippen LogP contribution in [0.25, 0.3) is 0 Å². The summed E-state index contributed by atoms with van der Waals surface area (Å²) in [6.07, 6.45) is 3.42. The molecule has 0 radical (unpaired) electrons. The maximum absolute atomic E-state index is 11.5. The molecule has 1 aromatic heterocycles. The molecule has 1 unspecified atom stereocenters. The zero-order chi connectivity index (χ0) is 13.7. The lowest BCUT2D eigenvalue weighted by Crippen LogP contribution is -2.30.